The summed E-state index contributed by atoms with van der Waals surface area (Å²) in [6.45, 7) is 3.41. The molecule has 0 aliphatic heterocycles. The number of hydrogen-bond donors (Lipinski definition) is 3. The fourth-order valence-corrected chi connectivity index (χ4v) is 2.63. The monoisotopic (exact) mass is 398 g/mol. The number of carbonyl (C=O) groups is 3. The van der Waals surface area contributed by atoms with E-state index in [1.54, 1.807) is 56.5 Å². The lowest BCUT2D eigenvalue weighted by molar-refractivity contribution is -0.111. The second-order valence-electron chi connectivity index (χ2n) is 6.79. The van der Waals surface area contributed by atoms with Gasteiger partial charge in [0.1, 0.15) is 11.8 Å². The van der Waals surface area contributed by atoms with Gasteiger partial charge >= 0.3 is 5.97 Å². The summed E-state index contributed by atoms with van der Waals surface area (Å²) in [6, 6.07) is 12.8. The van der Waals surface area contributed by atoms with Crippen LogP contribution >= 0.6 is 12.6 Å². The molecule has 2 N–H and O–H groups in total. The smallest absolute Gasteiger partial charge is 0.335 e. The molecular weight excluding hydrogens is 376 g/mol. The third kappa shape index (κ3) is 5.79. The largest absolute Gasteiger partial charge is 0.478 e. The quantitative estimate of drug-likeness (QED) is 0.361. The van der Waals surface area contributed by atoms with Gasteiger partial charge in [-0.2, -0.15) is 12.6 Å². The van der Waals surface area contributed by atoms with E-state index >= 15 is 0 Å². The number of hydrogen-bond acceptors (Lipinski definition) is 5. The normalized spacial score (nSPS) is 12.5. The molecule has 1 amide bonds. The number of thiol groups is 1. The average molecular weight is 398 g/mol. The van der Waals surface area contributed by atoms with Crippen LogP contribution in [0.1, 0.15) is 51.7 Å². The first-order chi connectivity index (χ1) is 13.3. The molecule has 146 valence electrons. The van der Waals surface area contributed by atoms with Gasteiger partial charge in [-0.05, 0) is 49.2 Å². The molecule has 6 nitrogen and oxygen atoms in total. The summed E-state index contributed by atoms with van der Waals surface area (Å²) < 4.78 is 0. The van der Waals surface area contributed by atoms with Crippen LogP contribution in [0.15, 0.2) is 53.5 Å². The first-order valence-electron chi connectivity index (χ1n) is 8.62. The Morgan fingerprint density at radius 2 is 1.68 bits per heavy atom. The zero-order valence-electron chi connectivity index (χ0n) is 15.6. The molecule has 0 aromatic heterocycles. The molecule has 0 saturated heterocycles. The molecule has 0 spiro atoms. The number of carbonyl (C=O) groups excluding carboxylic acids is 2. The number of rotatable bonds is 8. The van der Waals surface area contributed by atoms with Crippen LogP contribution in [-0.4, -0.2) is 40.8 Å². The highest BCUT2D eigenvalue weighted by atomic mass is 32.1. The van der Waals surface area contributed by atoms with Crippen molar-refractivity contribution in [3.05, 3.63) is 70.8 Å². The van der Waals surface area contributed by atoms with Crippen LogP contribution < -0.4 is 5.32 Å². The van der Waals surface area contributed by atoms with Crippen LogP contribution in [0.25, 0.3) is 0 Å². The molecule has 2 aromatic carbocycles. The third-order valence-corrected chi connectivity index (χ3v) is 4.42. The molecule has 0 heterocycles. The van der Waals surface area contributed by atoms with E-state index in [0.29, 0.717) is 11.3 Å². The number of aliphatic imine (C=N–C) groups is 1. The van der Waals surface area contributed by atoms with Gasteiger partial charge in [-0.3, -0.25) is 9.79 Å². The fourth-order valence-electron chi connectivity index (χ4n) is 2.33. The van der Waals surface area contributed by atoms with Crippen molar-refractivity contribution in [3.63, 3.8) is 0 Å². The maximum atomic E-state index is 12.5. The van der Waals surface area contributed by atoms with E-state index < -0.39 is 11.5 Å². The molecule has 2 rings (SSSR count). The number of aldehydes is 1. The molecule has 0 radical (unpaired) electrons. The Bertz CT molecular complexity index is 874. The van der Waals surface area contributed by atoms with Gasteiger partial charge in [-0.25, -0.2) is 4.79 Å². The van der Waals surface area contributed by atoms with E-state index in [0.717, 1.165) is 17.4 Å². The Labute approximate surface area is 169 Å². The highest BCUT2D eigenvalue weighted by molar-refractivity contribution is 7.80. The molecule has 0 bridgehead atoms. The first-order valence-corrected chi connectivity index (χ1v) is 9.25. The van der Waals surface area contributed by atoms with Gasteiger partial charge in [0.15, 0.2) is 0 Å². The van der Waals surface area contributed by atoms with Crippen LogP contribution in [0.2, 0.25) is 0 Å². The predicted octanol–water partition coefficient (Wildman–Crippen LogP) is 3.18. The zero-order valence-corrected chi connectivity index (χ0v) is 16.5. The maximum Gasteiger partial charge on any atom is 0.335 e. The summed E-state index contributed by atoms with van der Waals surface area (Å²) in [5.74, 6) is -0.903. The second-order valence-corrected chi connectivity index (χ2v) is 7.15. The van der Waals surface area contributed by atoms with Crippen molar-refractivity contribution >= 4 is 37.0 Å². The SMILES string of the molecule is CC(C)(C=O)N=Cc1ccc(C(=O)NC(CS)c2ccc(C(=O)O)cc2)cc1. The Morgan fingerprint density at radius 1 is 1.11 bits per heavy atom. The Kier molecular flexibility index (Phi) is 7.12. The van der Waals surface area contributed by atoms with Gasteiger partial charge in [-0.15, -0.1) is 0 Å². The number of amides is 1. The number of benzene rings is 2. The van der Waals surface area contributed by atoms with Gasteiger partial charge in [0.05, 0.1) is 11.6 Å². The lowest BCUT2D eigenvalue weighted by Gasteiger charge is -2.17. The van der Waals surface area contributed by atoms with Crippen LogP contribution in [0.3, 0.4) is 0 Å². The summed E-state index contributed by atoms with van der Waals surface area (Å²) in [5.41, 5.74) is 1.42. The second kappa shape index (κ2) is 9.32. The van der Waals surface area contributed by atoms with Gasteiger partial charge in [0.2, 0.25) is 0 Å². The number of nitrogens with zero attached hydrogens (tertiary/aromatic N) is 1. The van der Waals surface area contributed by atoms with E-state index in [9.17, 15) is 14.4 Å². The van der Waals surface area contributed by atoms with Gasteiger partial charge in [0.25, 0.3) is 5.91 Å². The number of aromatic carboxylic acids is 1. The number of carboxylic acids is 1. The predicted molar refractivity (Wildman–Crippen MR) is 112 cm³/mol. The highest BCUT2D eigenvalue weighted by Gasteiger charge is 2.16. The number of nitrogens with one attached hydrogen (secondary N) is 1. The van der Waals surface area contributed by atoms with Crippen LogP contribution in [0.4, 0.5) is 0 Å². The molecule has 2 aromatic rings. The topological polar surface area (TPSA) is 95.8 Å². The van der Waals surface area contributed by atoms with Crippen molar-refractivity contribution in [2.45, 2.75) is 25.4 Å². The van der Waals surface area contributed by atoms with Crippen molar-refractivity contribution in [1.29, 1.82) is 0 Å². The summed E-state index contributed by atoms with van der Waals surface area (Å²) >= 11 is 4.28. The molecule has 0 aliphatic rings. The van der Waals surface area contributed by atoms with E-state index in [-0.39, 0.29) is 17.5 Å². The standard InChI is InChI=1S/C21H22N2O4S/c1-21(2,13-24)22-11-14-3-5-16(6-4-14)19(25)23-18(12-28)15-7-9-17(10-8-15)20(26)27/h3-11,13,18,28H,12H2,1-2H3,(H,23,25)(H,26,27). The fraction of sp³-hybridized carbons (Fsp3) is 0.238. The average Bonchev–Trinajstić information content (AvgIpc) is 2.71. The Morgan fingerprint density at radius 3 is 2.18 bits per heavy atom. The van der Waals surface area contributed by atoms with Crippen LogP contribution in [0.5, 0.6) is 0 Å². The lowest BCUT2D eigenvalue weighted by atomic mass is 10.0. The third-order valence-electron chi connectivity index (χ3n) is 4.06. The van der Waals surface area contributed by atoms with E-state index in [1.165, 1.54) is 12.1 Å². The highest BCUT2D eigenvalue weighted by Crippen LogP contribution is 2.17. The van der Waals surface area contributed by atoms with Gasteiger partial charge in [-0.1, -0.05) is 24.3 Å². The van der Waals surface area contributed by atoms with Crippen molar-refractivity contribution in [2.24, 2.45) is 4.99 Å². The lowest BCUT2D eigenvalue weighted by Crippen LogP contribution is -2.29. The number of carboxylic acid groups (broad SMARTS) is 1. The van der Waals surface area contributed by atoms with E-state index in [2.05, 4.69) is 22.9 Å². The van der Waals surface area contributed by atoms with Gasteiger partial charge < -0.3 is 15.2 Å². The zero-order chi connectivity index (χ0) is 20.7. The molecular formula is C21H22N2O4S. The molecule has 0 saturated carbocycles. The minimum Gasteiger partial charge on any atom is -0.478 e. The minimum absolute atomic E-state index is 0.183. The molecule has 28 heavy (non-hydrogen) atoms. The van der Waals surface area contributed by atoms with Crippen LogP contribution in [-0.2, 0) is 4.79 Å². The summed E-state index contributed by atoms with van der Waals surface area (Å²) in [5, 5.41) is 11.9. The first kappa shape index (κ1) is 21.4. The minimum atomic E-state index is -1.00. The van der Waals surface area contributed by atoms with Crippen LogP contribution in [0, 0.1) is 0 Å². The molecule has 1 atom stereocenters. The van der Waals surface area contributed by atoms with E-state index in [4.69, 9.17) is 5.11 Å². The van der Waals surface area contributed by atoms with Crippen molar-refractivity contribution < 1.29 is 19.5 Å². The molecule has 0 aliphatic carbocycles. The summed E-state index contributed by atoms with van der Waals surface area (Å²) in [7, 11) is 0. The van der Waals surface area contributed by atoms with Crippen molar-refractivity contribution in [1.82, 2.24) is 5.32 Å². The van der Waals surface area contributed by atoms with Crippen molar-refractivity contribution in [3.8, 4) is 0 Å². The molecule has 0 fully saturated rings. The van der Waals surface area contributed by atoms with E-state index in [1.807, 2.05) is 0 Å². The molecule has 1 unspecified atom stereocenters. The van der Waals surface area contributed by atoms with Crippen molar-refractivity contribution in [2.75, 3.05) is 5.75 Å². The Hall–Kier alpha value is -2.93. The maximum absolute atomic E-state index is 12.5. The van der Waals surface area contributed by atoms with Gasteiger partial charge in [0, 0.05) is 17.5 Å². The Balaban J connectivity index is 2.08. The summed E-state index contributed by atoms with van der Waals surface area (Å²) in [6.07, 6.45) is 2.36. The summed E-state index contributed by atoms with van der Waals surface area (Å²) in [4.78, 5) is 38.6. The molecule has 7 heteroatoms.